The van der Waals surface area contributed by atoms with Gasteiger partial charge in [-0.1, -0.05) is 36.4 Å². The fourth-order valence-electron chi connectivity index (χ4n) is 5.87. The molecule has 7 heteroatoms. The molecule has 3 fully saturated rings. The summed E-state index contributed by atoms with van der Waals surface area (Å²) < 4.78 is 1.83. The van der Waals surface area contributed by atoms with Crippen LogP contribution in [0.2, 0.25) is 0 Å². The van der Waals surface area contributed by atoms with Crippen LogP contribution in [0.15, 0.2) is 77.9 Å². The molecule has 3 aliphatic carbocycles. The molecule has 3 saturated carbocycles. The first-order chi connectivity index (χ1) is 19.0. The highest BCUT2D eigenvalue weighted by Crippen LogP contribution is 2.48. The van der Waals surface area contributed by atoms with Crippen LogP contribution in [-0.4, -0.2) is 32.6 Å². The molecule has 0 bridgehead atoms. The molecule has 2 heterocycles. The Morgan fingerprint density at radius 3 is 2.36 bits per heavy atom. The monoisotopic (exact) mass is 519 g/mol. The molecule has 0 unspecified atom stereocenters. The van der Waals surface area contributed by atoms with Crippen LogP contribution in [0.5, 0.6) is 0 Å². The van der Waals surface area contributed by atoms with Gasteiger partial charge < -0.3 is 15.0 Å². The van der Waals surface area contributed by atoms with E-state index in [-0.39, 0.29) is 34.8 Å². The number of nitrogens with zero attached hydrogens (tertiary/aromatic N) is 2. The minimum Gasteiger partial charge on any atom is -0.481 e. The number of rotatable bonds is 8. The maximum absolute atomic E-state index is 13.4. The summed E-state index contributed by atoms with van der Waals surface area (Å²) in [6.45, 7) is 0. The first-order valence-electron chi connectivity index (χ1n) is 13.7. The summed E-state index contributed by atoms with van der Waals surface area (Å²) in [6, 6.07) is 19.6. The summed E-state index contributed by atoms with van der Waals surface area (Å²) in [4.78, 5) is 42.6. The SMILES string of the molecule is O=C(NC(C1CC1)C1CC1)c1cn(-c2cccc(-c3ccc([C@@H]4C[C@H]4C(=O)O)cc3)c2)c2ncccc2c1=O. The first-order valence-corrected chi connectivity index (χ1v) is 13.7. The number of amides is 1. The van der Waals surface area contributed by atoms with E-state index in [1.807, 2.05) is 53.1 Å². The predicted octanol–water partition coefficient (Wildman–Crippen LogP) is 5.16. The third kappa shape index (κ3) is 4.52. The van der Waals surface area contributed by atoms with Gasteiger partial charge in [0.25, 0.3) is 5.91 Å². The van der Waals surface area contributed by atoms with Crippen molar-refractivity contribution in [2.75, 3.05) is 0 Å². The van der Waals surface area contributed by atoms with Crippen LogP contribution in [0.25, 0.3) is 27.8 Å². The van der Waals surface area contributed by atoms with Gasteiger partial charge in [0.1, 0.15) is 11.2 Å². The van der Waals surface area contributed by atoms with E-state index in [1.165, 1.54) is 0 Å². The van der Waals surface area contributed by atoms with Gasteiger partial charge in [-0.3, -0.25) is 14.4 Å². The summed E-state index contributed by atoms with van der Waals surface area (Å²) in [5.74, 6) is -0.175. The second-order valence-electron chi connectivity index (χ2n) is 11.2. The summed E-state index contributed by atoms with van der Waals surface area (Å²) in [6.07, 6.45) is 8.53. The Morgan fingerprint density at radius 1 is 0.949 bits per heavy atom. The molecule has 2 aromatic carbocycles. The maximum Gasteiger partial charge on any atom is 0.307 e. The van der Waals surface area contributed by atoms with Crippen LogP contribution >= 0.6 is 0 Å². The van der Waals surface area contributed by atoms with Gasteiger partial charge in [0, 0.05) is 24.1 Å². The topological polar surface area (TPSA) is 101 Å². The number of carbonyl (C=O) groups excluding carboxylic acids is 1. The summed E-state index contributed by atoms with van der Waals surface area (Å²) in [5.41, 5.74) is 4.15. The van der Waals surface area contributed by atoms with Crippen molar-refractivity contribution in [3.05, 3.63) is 94.4 Å². The second-order valence-corrected chi connectivity index (χ2v) is 11.2. The van der Waals surface area contributed by atoms with Gasteiger partial charge in [0.15, 0.2) is 0 Å². The number of carbonyl (C=O) groups is 2. The standard InChI is InChI=1S/C32H29N3O4/c36-29-24-5-2-14-33-30(24)35(17-27(29)31(37)34-28(20-10-11-20)21-12-13-21)23-4-1-3-22(15-23)18-6-8-19(9-7-18)25-16-26(25)32(38)39/h1-9,14-15,17,20-21,25-26,28H,10-13,16H2,(H,34,37)(H,38,39)/t25-,26+/m0/s1. The highest BCUT2D eigenvalue weighted by molar-refractivity contribution is 5.97. The van der Waals surface area contributed by atoms with E-state index in [4.69, 9.17) is 0 Å². The first kappa shape index (κ1) is 23.8. The van der Waals surface area contributed by atoms with Crippen LogP contribution in [0.1, 0.15) is 53.9 Å². The number of fused-ring (bicyclic) bond motifs is 1. The third-order valence-electron chi connectivity index (χ3n) is 8.47. The summed E-state index contributed by atoms with van der Waals surface area (Å²) >= 11 is 0. The van der Waals surface area contributed by atoms with Gasteiger partial charge in [0.05, 0.1) is 11.3 Å². The van der Waals surface area contributed by atoms with Crippen LogP contribution in [0.3, 0.4) is 0 Å². The lowest BCUT2D eigenvalue weighted by Gasteiger charge is -2.19. The van der Waals surface area contributed by atoms with Gasteiger partial charge in [-0.05, 0) is 90.8 Å². The van der Waals surface area contributed by atoms with E-state index >= 15 is 0 Å². The van der Waals surface area contributed by atoms with Crippen LogP contribution < -0.4 is 10.7 Å². The smallest absolute Gasteiger partial charge is 0.307 e. The van der Waals surface area contributed by atoms with Crippen molar-refractivity contribution in [2.24, 2.45) is 17.8 Å². The molecule has 0 saturated heterocycles. The summed E-state index contributed by atoms with van der Waals surface area (Å²) in [7, 11) is 0. The number of aromatic nitrogens is 2. The number of hydrogen-bond acceptors (Lipinski definition) is 4. The van der Waals surface area contributed by atoms with Crippen LogP contribution in [0.4, 0.5) is 0 Å². The number of carboxylic acids is 1. The van der Waals surface area contributed by atoms with Crippen LogP contribution in [0, 0.1) is 17.8 Å². The van der Waals surface area contributed by atoms with Crippen molar-refractivity contribution in [3.8, 4) is 16.8 Å². The van der Waals surface area contributed by atoms with E-state index in [0.29, 0.717) is 29.3 Å². The Bertz CT molecular complexity index is 1660. The van der Waals surface area contributed by atoms with Crippen molar-refractivity contribution in [1.82, 2.24) is 14.9 Å². The quantitative estimate of drug-likeness (QED) is 0.335. The predicted molar refractivity (Wildman–Crippen MR) is 148 cm³/mol. The van der Waals surface area contributed by atoms with Gasteiger partial charge in [0.2, 0.25) is 5.43 Å². The molecule has 7 rings (SSSR count). The van der Waals surface area contributed by atoms with Crippen molar-refractivity contribution in [1.29, 1.82) is 0 Å². The van der Waals surface area contributed by atoms with Crippen molar-refractivity contribution in [2.45, 2.75) is 44.1 Å². The van der Waals surface area contributed by atoms with Crippen molar-refractivity contribution < 1.29 is 14.7 Å². The Morgan fingerprint density at radius 2 is 1.69 bits per heavy atom. The van der Waals surface area contributed by atoms with E-state index in [0.717, 1.165) is 48.1 Å². The lowest BCUT2D eigenvalue weighted by Crippen LogP contribution is -2.40. The Balaban J connectivity index is 1.24. The Labute approximate surface area is 225 Å². The zero-order valence-electron chi connectivity index (χ0n) is 21.4. The minimum atomic E-state index is -0.734. The molecule has 0 spiro atoms. The zero-order valence-corrected chi connectivity index (χ0v) is 21.4. The molecule has 3 aliphatic rings. The molecular weight excluding hydrogens is 490 g/mol. The largest absolute Gasteiger partial charge is 0.481 e. The van der Waals surface area contributed by atoms with Crippen LogP contribution in [-0.2, 0) is 4.79 Å². The third-order valence-corrected chi connectivity index (χ3v) is 8.47. The zero-order chi connectivity index (χ0) is 26.7. The Kier molecular flexibility index (Phi) is 5.61. The Hall–Kier alpha value is -4.26. The van der Waals surface area contributed by atoms with E-state index in [9.17, 15) is 19.5 Å². The fraction of sp³-hybridized carbons (Fsp3) is 0.312. The highest BCUT2D eigenvalue weighted by atomic mass is 16.4. The van der Waals surface area contributed by atoms with Gasteiger partial charge in [-0.15, -0.1) is 0 Å². The number of aliphatic carboxylic acids is 1. The number of nitrogens with one attached hydrogen (secondary N) is 1. The highest BCUT2D eigenvalue weighted by Gasteiger charge is 2.44. The van der Waals surface area contributed by atoms with E-state index < -0.39 is 5.97 Å². The average molecular weight is 520 g/mol. The molecular formula is C32H29N3O4. The number of hydrogen-bond donors (Lipinski definition) is 2. The molecule has 2 aromatic heterocycles. The maximum atomic E-state index is 13.4. The normalized spacial score (nSPS) is 20.2. The number of pyridine rings is 2. The van der Waals surface area contributed by atoms with Gasteiger partial charge >= 0.3 is 5.97 Å². The van der Waals surface area contributed by atoms with E-state index in [1.54, 1.807) is 24.5 Å². The lowest BCUT2D eigenvalue weighted by molar-refractivity contribution is -0.138. The van der Waals surface area contributed by atoms with Crippen molar-refractivity contribution >= 4 is 22.9 Å². The van der Waals surface area contributed by atoms with E-state index in [2.05, 4.69) is 10.3 Å². The van der Waals surface area contributed by atoms with Gasteiger partial charge in [-0.25, -0.2) is 4.98 Å². The molecule has 196 valence electrons. The minimum absolute atomic E-state index is 0.0884. The molecule has 0 radical (unpaired) electrons. The average Bonchev–Trinajstić information content (AvgIpc) is 3.82. The van der Waals surface area contributed by atoms with Crippen molar-refractivity contribution in [3.63, 3.8) is 0 Å². The molecule has 2 atom stereocenters. The fourth-order valence-corrected chi connectivity index (χ4v) is 5.87. The molecule has 4 aromatic rings. The molecule has 1 amide bonds. The molecule has 7 nitrogen and oxygen atoms in total. The molecule has 39 heavy (non-hydrogen) atoms. The molecule has 2 N–H and O–H groups in total. The lowest BCUT2D eigenvalue weighted by atomic mass is 10.0. The summed E-state index contributed by atoms with van der Waals surface area (Å²) in [5, 5.41) is 12.9. The second kappa shape index (κ2) is 9.19. The number of benzene rings is 2. The number of carboxylic acid groups (broad SMARTS) is 1. The van der Waals surface area contributed by atoms with Gasteiger partial charge in [-0.2, -0.15) is 0 Å². The molecule has 0 aliphatic heterocycles.